The molecule has 0 spiro atoms. The van der Waals surface area contributed by atoms with Gasteiger partial charge in [-0.3, -0.25) is 9.78 Å². The average molecular weight is 408 g/mol. The van der Waals surface area contributed by atoms with Gasteiger partial charge in [0.25, 0.3) is 5.91 Å². The third-order valence-corrected chi connectivity index (χ3v) is 4.90. The quantitative estimate of drug-likeness (QED) is 0.545. The number of amides is 1. The minimum atomic E-state index is -0.316. The molecule has 7 nitrogen and oxygen atoms in total. The van der Waals surface area contributed by atoms with E-state index in [1.807, 2.05) is 49.4 Å². The predicted octanol–water partition coefficient (Wildman–Crippen LogP) is 3.72. The summed E-state index contributed by atoms with van der Waals surface area (Å²) < 4.78 is 6.98. The number of aromatic nitrogens is 4. The van der Waals surface area contributed by atoms with Gasteiger partial charge in [0.15, 0.2) is 5.65 Å². The second kappa shape index (κ2) is 7.89. The van der Waals surface area contributed by atoms with Crippen molar-refractivity contribution in [3.8, 4) is 11.4 Å². The number of pyridine rings is 2. The molecular weight excluding hydrogens is 390 g/mol. The van der Waals surface area contributed by atoms with Gasteiger partial charge in [0.05, 0.1) is 46.7 Å². The molecule has 0 aliphatic carbocycles. The largest absolute Gasteiger partial charge is 0.497 e. The van der Waals surface area contributed by atoms with E-state index in [9.17, 15) is 4.79 Å². The van der Waals surface area contributed by atoms with Crippen LogP contribution >= 0.6 is 11.6 Å². The highest BCUT2D eigenvalue weighted by molar-refractivity contribution is 6.38. The third kappa shape index (κ3) is 3.64. The van der Waals surface area contributed by atoms with Crippen LogP contribution in [-0.2, 0) is 6.54 Å². The Hall–Kier alpha value is -3.45. The highest BCUT2D eigenvalue weighted by atomic mass is 35.5. The lowest BCUT2D eigenvalue weighted by molar-refractivity contribution is 0.0950. The molecule has 3 heterocycles. The number of benzene rings is 1. The summed E-state index contributed by atoms with van der Waals surface area (Å²) in [6, 6.07) is 13.0. The maximum atomic E-state index is 12.6. The van der Waals surface area contributed by atoms with Crippen LogP contribution in [0.4, 0.5) is 0 Å². The number of halogens is 1. The van der Waals surface area contributed by atoms with Crippen LogP contribution in [0, 0.1) is 6.92 Å². The molecule has 1 N–H and O–H groups in total. The summed E-state index contributed by atoms with van der Waals surface area (Å²) in [5.74, 6) is 0.393. The smallest absolute Gasteiger partial charge is 0.254 e. The van der Waals surface area contributed by atoms with Gasteiger partial charge in [-0.2, -0.15) is 5.10 Å². The summed E-state index contributed by atoms with van der Waals surface area (Å²) in [6.07, 6.45) is 3.15. The molecule has 0 unspecified atom stereocenters. The molecule has 0 fully saturated rings. The summed E-state index contributed by atoms with van der Waals surface area (Å²) in [5.41, 5.74) is 3.09. The van der Waals surface area contributed by atoms with Crippen LogP contribution < -0.4 is 10.1 Å². The molecule has 1 aromatic carbocycles. The molecule has 0 saturated carbocycles. The molecule has 4 aromatic rings. The second-order valence-electron chi connectivity index (χ2n) is 6.39. The van der Waals surface area contributed by atoms with Gasteiger partial charge >= 0.3 is 0 Å². The van der Waals surface area contributed by atoms with E-state index in [1.165, 1.54) is 6.20 Å². The van der Waals surface area contributed by atoms with E-state index in [-0.39, 0.29) is 5.91 Å². The summed E-state index contributed by atoms with van der Waals surface area (Å²) >= 11 is 6.59. The zero-order valence-electron chi connectivity index (χ0n) is 15.9. The number of fused-ring (bicyclic) bond motifs is 1. The van der Waals surface area contributed by atoms with Gasteiger partial charge in [0.2, 0.25) is 0 Å². The lowest BCUT2D eigenvalue weighted by atomic mass is 10.2. The fourth-order valence-electron chi connectivity index (χ4n) is 3.06. The molecule has 0 saturated heterocycles. The molecule has 0 radical (unpaired) electrons. The topological polar surface area (TPSA) is 81.9 Å². The second-order valence-corrected chi connectivity index (χ2v) is 6.76. The monoisotopic (exact) mass is 407 g/mol. The summed E-state index contributed by atoms with van der Waals surface area (Å²) in [4.78, 5) is 21.3. The van der Waals surface area contributed by atoms with Crippen molar-refractivity contribution in [3.63, 3.8) is 0 Å². The number of methoxy groups -OCH3 is 1. The molecule has 1 amide bonds. The molecule has 29 heavy (non-hydrogen) atoms. The van der Waals surface area contributed by atoms with E-state index >= 15 is 0 Å². The van der Waals surface area contributed by atoms with Crippen LogP contribution in [0.3, 0.4) is 0 Å². The van der Waals surface area contributed by atoms with Crippen molar-refractivity contribution in [1.29, 1.82) is 0 Å². The standard InChI is InChI=1S/C21H18ClN5O2/c1-13-18-19(22)17(21(28)25-11-14-6-3-4-9-23-14)12-24-20(18)27(26-13)15-7-5-8-16(10-15)29-2/h3-10,12H,11H2,1-2H3,(H,25,28). The Morgan fingerprint density at radius 3 is 2.83 bits per heavy atom. The molecular formula is C21H18ClN5O2. The fraction of sp³-hybridized carbons (Fsp3) is 0.143. The lowest BCUT2D eigenvalue weighted by Gasteiger charge is -2.08. The van der Waals surface area contributed by atoms with Crippen LogP contribution in [0.2, 0.25) is 5.02 Å². The Kier molecular flexibility index (Phi) is 5.14. The first kappa shape index (κ1) is 18.9. The number of carbonyl (C=O) groups is 1. The van der Waals surface area contributed by atoms with Gasteiger partial charge in [-0.15, -0.1) is 0 Å². The fourth-order valence-corrected chi connectivity index (χ4v) is 3.41. The van der Waals surface area contributed by atoms with Gasteiger partial charge in [0, 0.05) is 18.5 Å². The van der Waals surface area contributed by atoms with Crippen LogP contribution in [0.1, 0.15) is 21.7 Å². The van der Waals surface area contributed by atoms with Gasteiger partial charge in [-0.05, 0) is 31.2 Å². The van der Waals surface area contributed by atoms with Crippen LogP contribution in [0.15, 0.2) is 54.9 Å². The number of rotatable bonds is 5. The Morgan fingerprint density at radius 1 is 1.21 bits per heavy atom. The molecule has 3 aromatic heterocycles. The average Bonchev–Trinajstić information content (AvgIpc) is 3.10. The molecule has 0 aliphatic rings. The van der Waals surface area contributed by atoms with Crippen molar-refractivity contribution in [1.82, 2.24) is 25.1 Å². The summed E-state index contributed by atoms with van der Waals surface area (Å²) in [7, 11) is 1.61. The van der Waals surface area contributed by atoms with Crippen LogP contribution in [-0.4, -0.2) is 32.8 Å². The lowest BCUT2D eigenvalue weighted by Crippen LogP contribution is -2.23. The molecule has 146 valence electrons. The predicted molar refractivity (Wildman–Crippen MR) is 111 cm³/mol. The third-order valence-electron chi connectivity index (χ3n) is 4.51. The molecule has 0 aliphatic heterocycles. The Morgan fingerprint density at radius 2 is 2.07 bits per heavy atom. The number of nitrogens with zero attached hydrogens (tertiary/aromatic N) is 4. The van der Waals surface area contributed by atoms with E-state index in [0.717, 1.165) is 11.4 Å². The Balaban J connectivity index is 1.69. The van der Waals surface area contributed by atoms with E-state index in [1.54, 1.807) is 18.0 Å². The molecule has 8 heteroatoms. The van der Waals surface area contributed by atoms with Crippen molar-refractivity contribution >= 4 is 28.5 Å². The first-order valence-corrected chi connectivity index (χ1v) is 9.32. The van der Waals surface area contributed by atoms with E-state index < -0.39 is 0 Å². The van der Waals surface area contributed by atoms with Crippen molar-refractivity contribution in [3.05, 3.63) is 76.8 Å². The number of carbonyl (C=O) groups excluding carboxylic acids is 1. The van der Waals surface area contributed by atoms with Crippen molar-refractivity contribution in [2.75, 3.05) is 7.11 Å². The number of aryl methyl sites for hydroxylation is 1. The first-order valence-electron chi connectivity index (χ1n) is 8.95. The molecule has 0 atom stereocenters. The van der Waals surface area contributed by atoms with Gasteiger partial charge < -0.3 is 10.1 Å². The number of ether oxygens (including phenoxy) is 1. The van der Waals surface area contributed by atoms with E-state index in [2.05, 4.69) is 20.4 Å². The summed E-state index contributed by atoms with van der Waals surface area (Å²) in [6.45, 7) is 2.14. The highest BCUT2D eigenvalue weighted by Gasteiger charge is 2.20. The van der Waals surface area contributed by atoms with Crippen molar-refractivity contribution in [2.45, 2.75) is 13.5 Å². The van der Waals surface area contributed by atoms with E-state index in [4.69, 9.17) is 16.3 Å². The maximum absolute atomic E-state index is 12.6. The molecule has 4 rings (SSSR count). The Bertz CT molecular complexity index is 1190. The van der Waals surface area contributed by atoms with Crippen molar-refractivity contribution < 1.29 is 9.53 Å². The number of hydrogen-bond donors (Lipinski definition) is 1. The van der Waals surface area contributed by atoms with Crippen LogP contribution in [0.5, 0.6) is 5.75 Å². The maximum Gasteiger partial charge on any atom is 0.254 e. The zero-order valence-corrected chi connectivity index (χ0v) is 16.6. The molecule has 0 bridgehead atoms. The Labute approximate surface area is 172 Å². The van der Waals surface area contributed by atoms with Gasteiger partial charge in [0.1, 0.15) is 5.75 Å². The number of nitrogens with one attached hydrogen (secondary N) is 1. The minimum Gasteiger partial charge on any atom is -0.497 e. The van der Waals surface area contributed by atoms with Gasteiger partial charge in [-0.25, -0.2) is 9.67 Å². The van der Waals surface area contributed by atoms with Crippen LogP contribution in [0.25, 0.3) is 16.7 Å². The zero-order chi connectivity index (χ0) is 20.4. The SMILES string of the molecule is COc1cccc(-n2nc(C)c3c(Cl)c(C(=O)NCc4ccccn4)cnc32)c1. The first-order chi connectivity index (χ1) is 14.1. The normalized spacial score (nSPS) is 10.9. The highest BCUT2D eigenvalue weighted by Crippen LogP contribution is 2.30. The minimum absolute atomic E-state index is 0.295. The van der Waals surface area contributed by atoms with Gasteiger partial charge in [-0.1, -0.05) is 23.7 Å². The van der Waals surface area contributed by atoms with E-state index in [0.29, 0.717) is 39.6 Å². The van der Waals surface area contributed by atoms with Crippen molar-refractivity contribution in [2.24, 2.45) is 0 Å². The number of hydrogen-bond acceptors (Lipinski definition) is 5. The summed E-state index contributed by atoms with van der Waals surface area (Å²) in [5, 5.41) is 8.35.